The lowest BCUT2D eigenvalue weighted by molar-refractivity contribution is -0.594. The van der Waals surface area contributed by atoms with Crippen LogP contribution in [0.2, 0.25) is 0 Å². The summed E-state index contributed by atoms with van der Waals surface area (Å²) in [4.78, 5) is 0. The molecule has 0 unspecified atom stereocenters. The predicted molar refractivity (Wildman–Crippen MR) is 57.4 cm³/mol. The summed E-state index contributed by atoms with van der Waals surface area (Å²) in [5.74, 6) is 0. The van der Waals surface area contributed by atoms with Crippen molar-refractivity contribution in [3.05, 3.63) is 54.4 Å². The number of hydrogen-bond acceptors (Lipinski definition) is 1. The van der Waals surface area contributed by atoms with Crippen LogP contribution < -0.4 is 22.7 Å². The summed E-state index contributed by atoms with van der Waals surface area (Å²) in [6, 6.07) is 8.68. The number of aromatic nitrogens is 1. The molecule has 2 aromatic rings. The summed E-state index contributed by atoms with van der Waals surface area (Å²) in [5, 5.41) is 0. The summed E-state index contributed by atoms with van der Waals surface area (Å²) >= 11 is 0. The van der Waals surface area contributed by atoms with Gasteiger partial charge in [0.2, 0.25) is 5.69 Å². The fourth-order valence-corrected chi connectivity index (χ4v) is 1.53. The van der Waals surface area contributed by atoms with Crippen LogP contribution in [0.1, 0.15) is 5.56 Å². The summed E-state index contributed by atoms with van der Waals surface area (Å²) < 4.78 is 39.0. The lowest BCUT2D eigenvalue weighted by Crippen LogP contribution is -3.00. The second-order valence-electron chi connectivity index (χ2n) is 3.55. The molecule has 6 heteroatoms. The molecule has 0 spiro atoms. The van der Waals surface area contributed by atoms with Gasteiger partial charge in [-0.2, -0.15) is 17.7 Å². The number of halogens is 4. The van der Waals surface area contributed by atoms with Gasteiger partial charge in [-0.3, -0.25) is 0 Å². The van der Waals surface area contributed by atoms with Crippen LogP contribution in [-0.2, 0) is 6.18 Å². The van der Waals surface area contributed by atoms with Gasteiger partial charge in [-0.25, -0.2) is 0 Å². The molecule has 0 aliphatic heterocycles. The highest BCUT2D eigenvalue weighted by molar-refractivity contribution is 5.54. The first-order chi connectivity index (χ1) is 7.98. The van der Waals surface area contributed by atoms with Crippen molar-refractivity contribution in [3.8, 4) is 5.69 Å². The normalized spacial score (nSPS) is 10.8. The van der Waals surface area contributed by atoms with E-state index in [1.165, 1.54) is 6.07 Å². The molecule has 0 aliphatic carbocycles. The number of nitrogen functional groups attached to an aromatic ring is 1. The van der Waals surface area contributed by atoms with Gasteiger partial charge in [-0.15, -0.1) is 0 Å². The number of nitrogens with zero attached hydrogens (tertiary/aromatic N) is 1. The maximum Gasteiger partial charge on any atom is 0.416 e. The Labute approximate surface area is 108 Å². The van der Waals surface area contributed by atoms with Crippen LogP contribution in [0.5, 0.6) is 0 Å². The van der Waals surface area contributed by atoms with Gasteiger partial charge in [-0.1, -0.05) is 6.07 Å². The molecule has 1 heterocycles. The Morgan fingerprint density at radius 3 is 2.11 bits per heavy atom. The van der Waals surface area contributed by atoms with Gasteiger partial charge in [-0.05, 0) is 12.1 Å². The highest BCUT2D eigenvalue weighted by atomic mass is 35.5. The number of anilines is 1. The predicted octanol–water partition coefficient (Wildman–Crippen LogP) is -0.432. The van der Waals surface area contributed by atoms with E-state index in [9.17, 15) is 13.2 Å². The molecule has 2 N–H and O–H groups in total. The van der Waals surface area contributed by atoms with Crippen molar-refractivity contribution >= 4 is 5.69 Å². The van der Waals surface area contributed by atoms with Gasteiger partial charge >= 0.3 is 6.18 Å². The Kier molecular flexibility index (Phi) is 4.19. The first kappa shape index (κ1) is 14.3. The van der Waals surface area contributed by atoms with Crippen molar-refractivity contribution in [2.75, 3.05) is 5.73 Å². The maximum absolute atomic E-state index is 12.4. The van der Waals surface area contributed by atoms with Crippen LogP contribution in [0.3, 0.4) is 0 Å². The van der Waals surface area contributed by atoms with Gasteiger partial charge in [0, 0.05) is 18.2 Å². The van der Waals surface area contributed by atoms with Crippen LogP contribution in [0.4, 0.5) is 18.9 Å². The molecular formula is C12H10ClF3N2. The number of hydrogen-bond donors (Lipinski definition) is 1. The standard InChI is InChI=1S/C12H10F3N2.ClH/c13-12(14,15)9-4-5-11(10(16)8-9)17-6-2-1-3-7-17;/h1-8H,16H2;1H/q+1;/p-1. The number of pyridine rings is 1. The van der Waals surface area contributed by atoms with Crippen LogP contribution >= 0.6 is 0 Å². The second-order valence-corrected chi connectivity index (χ2v) is 3.55. The average Bonchev–Trinajstić information content (AvgIpc) is 2.29. The molecule has 1 aromatic carbocycles. The topological polar surface area (TPSA) is 29.9 Å². The third-order valence-electron chi connectivity index (χ3n) is 2.35. The minimum Gasteiger partial charge on any atom is -1.00 e. The Morgan fingerprint density at radius 2 is 1.61 bits per heavy atom. The van der Waals surface area contributed by atoms with E-state index in [4.69, 9.17) is 5.73 Å². The minimum absolute atomic E-state index is 0. The molecular weight excluding hydrogens is 265 g/mol. The SMILES string of the molecule is Nc1cc(C(F)(F)F)ccc1-[n+]1ccccc1.[Cl-]. The van der Waals surface area contributed by atoms with Gasteiger partial charge in [0.05, 0.1) is 5.56 Å². The highest BCUT2D eigenvalue weighted by Crippen LogP contribution is 2.31. The van der Waals surface area contributed by atoms with Crippen molar-refractivity contribution in [2.45, 2.75) is 6.18 Å². The quantitative estimate of drug-likeness (QED) is 0.555. The third-order valence-corrected chi connectivity index (χ3v) is 2.35. The summed E-state index contributed by atoms with van der Waals surface area (Å²) in [5.41, 5.74) is 5.51. The zero-order chi connectivity index (χ0) is 12.5. The summed E-state index contributed by atoms with van der Waals surface area (Å²) in [6.07, 6.45) is -0.925. The fraction of sp³-hybridized carbons (Fsp3) is 0.0833. The Hall–Kier alpha value is -1.75. The molecule has 1 aromatic heterocycles. The molecule has 0 aliphatic rings. The lowest BCUT2D eigenvalue weighted by atomic mass is 10.1. The zero-order valence-corrected chi connectivity index (χ0v) is 9.91. The van der Waals surface area contributed by atoms with Crippen LogP contribution in [0.25, 0.3) is 5.69 Å². The molecule has 0 saturated carbocycles. The number of rotatable bonds is 1. The van der Waals surface area contributed by atoms with Crippen LogP contribution in [-0.4, -0.2) is 0 Å². The van der Waals surface area contributed by atoms with E-state index in [2.05, 4.69) is 0 Å². The van der Waals surface area contributed by atoms with Crippen LogP contribution in [0, 0.1) is 0 Å². The third kappa shape index (κ3) is 2.92. The summed E-state index contributed by atoms with van der Waals surface area (Å²) in [6.45, 7) is 0. The fourth-order valence-electron chi connectivity index (χ4n) is 1.53. The first-order valence-electron chi connectivity index (χ1n) is 4.92. The van der Waals surface area contributed by atoms with E-state index in [0.29, 0.717) is 5.69 Å². The number of alkyl halides is 3. The molecule has 0 saturated heterocycles. The van der Waals surface area contributed by atoms with Crippen molar-refractivity contribution in [3.63, 3.8) is 0 Å². The van der Waals surface area contributed by atoms with Crippen molar-refractivity contribution in [2.24, 2.45) is 0 Å². The van der Waals surface area contributed by atoms with Crippen molar-refractivity contribution < 1.29 is 30.1 Å². The minimum atomic E-state index is -4.37. The Balaban J connectivity index is 0.00000162. The van der Waals surface area contributed by atoms with E-state index < -0.39 is 11.7 Å². The molecule has 0 amide bonds. The Bertz CT molecular complexity index is 527. The van der Waals surface area contributed by atoms with Gasteiger partial charge in [0.1, 0.15) is 5.69 Å². The molecule has 96 valence electrons. The zero-order valence-electron chi connectivity index (χ0n) is 9.16. The molecule has 0 atom stereocenters. The maximum atomic E-state index is 12.4. The van der Waals surface area contributed by atoms with Gasteiger partial charge in [0.15, 0.2) is 12.4 Å². The second kappa shape index (κ2) is 5.27. The van der Waals surface area contributed by atoms with Crippen molar-refractivity contribution in [1.82, 2.24) is 0 Å². The molecule has 18 heavy (non-hydrogen) atoms. The highest BCUT2D eigenvalue weighted by Gasteiger charge is 2.31. The molecule has 2 rings (SSSR count). The molecule has 0 bridgehead atoms. The first-order valence-corrected chi connectivity index (χ1v) is 4.92. The smallest absolute Gasteiger partial charge is 0.416 e. The van der Waals surface area contributed by atoms with E-state index in [1.54, 1.807) is 29.1 Å². The van der Waals surface area contributed by atoms with E-state index >= 15 is 0 Å². The van der Waals surface area contributed by atoms with E-state index in [1.807, 2.05) is 6.07 Å². The van der Waals surface area contributed by atoms with Gasteiger partial charge in [0.25, 0.3) is 0 Å². The van der Waals surface area contributed by atoms with E-state index in [0.717, 1.165) is 12.1 Å². The van der Waals surface area contributed by atoms with E-state index in [-0.39, 0.29) is 18.1 Å². The van der Waals surface area contributed by atoms with Crippen molar-refractivity contribution in [1.29, 1.82) is 0 Å². The number of nitrogens with two attached hydrogens (primary N) is 1. The average molecular weight is 275 g/mol. The summed E-state index contributed by atoms with van der Waals surface area (Å²) in [7, 11) is 0. The molecule has 0 radical (unpaired) electrons. The molecule has 2 nitrogen and oxygen atoms in total. The lowest BCUT2D eigenvalue weighted by Gasteiger charge is -2.07. The Morgan fingerprint density at radius 1 is 1.00 bits per heavy atom. The van der Waals surface area contributed by atoms with Crippen LogP contribution in [0.15, 0.2) is 48.8 Å². The molecule has 0 fully saturated rings. The number of benzene rings is 1. The van der Waals surface area contributed by atoms with Gasteiger partial charge < -0.3 is 18.1 Å². The largest absolute Gasteiger partial charge is 1.00 e. The monoisotopic (exact) mass is 274 g/mol.